The number of nitrogens with zero attached hydrogens (tertiary/aromatic N) is 4. The van der Waals surface area contributed by atoms with Crippen molar-refractivity contribution in [2.24, 2.45) is 0 Å². The van der Waals surface area contributed by atoms with E-state index in [1.807, 2.05) is 41.5 Å². The van der Waals surface area contributed by atoms with E-state index >= 15 is 0 Å². The highest BCUT2D eigenvalue weighted by Gasteiger charge is 2.34. The summed E-state index contributed by atoms with van der Waals surface area (Å²) < 4.78 is 23.8. The van der Waals surface area contributed by atoms with Crippen molar-refractivity contribution in [3.63, 3.8) is 0 Å². The zero-order valence-corrected chi connectivity index (χ0v) is 17.4. The Labute approximate surface area is 165 Å². The average Bonchev–Trinajstić information content (AvgIpc) is 3.13. The largest absolute Gasteiger partial charge is 0.444 e. The highest BCUT2D eigenvalue weighted by molar-refractivity contribution is 5.68. The quantitative estimate of drug-likeness (QED) is 0.730. The number of hydrogen-bond acceptors (Lipinski definition) is 6. The van der Waals surface area contributed by atoms with E-state index in [0.717, 1.165) is 19.0 Å². The monoisotopic (exact) mass is 392 g/mol. The molecule has 7 nitrogen and oxygen atoms in total. The van der Waals surface area contributed by atoms with E-state index in [2.05, 4.69) is 15.1 Å². The van der Waals surface area contributed by atoms with Crippen LogP contribution in [0.1, 0.15) is 66.1 Å². The van der Waals surface area contributed by atoms with Crippen LogP contribution in [-0.4, -0.2) is 44.3 Å². The van der Waals surface area contributed by atoms with E-state index < -0.39 is 11.4 Å². The van der Waals surface area contributed by atoms with Crippen molar-refractivity contribution < 1.29 is 18.4 Å². The first-order valence-corrected chi connectivity index (χ1v) is 9.68. The Balaban J connectivity index is 0.00000136. The number of piperidine rings is 1. The van der Waals surface area contributed by atoms with Gasteiger partial charge in [-0.15, -0.1) is 0 Å². The molecule has 154 valence electrons. The number of rotatable bonds is 2. The van der Waals surface area contributed by atoms with Gasteiger partial charge in [0.1, 0.15) is 17.1 Å². The number of likely N-dealkylation sites (tertiary alicyclic amines) is 1. The van der Waals surface area contributed by atoms with E-state index in [4.69, 9.17) is 9.26 Å². The van der Waals surface area contributed by atoms with Gasteiger partial charge in [-0.05, 0) is 52.7 Å². The first-order chi connectivity index (χ1) is 13.2. The molecule has 2 atom stereocenters. The van der Waals surface area contributed by atoms with Crippen molar-refractivity contribution in [2.75, 3.05) is 6.54 Å². The molecule has 0 radical (unpaired) electrons. The van der Waals surface area contributed by atoms with Gasteiger partial charge in [0.25, 0.3) is 5.89 Å². The van der Waals surface area contributed by atoms with Gasteiger partial charge in [-0.25, -0.2) is 14.2 Å². The summed E-state index contributed by atoms with van der Waals surface area (Å²) in [7, 11) is 0. The topological polar surface area (TPSA) is 81.4 Å². The smallest absolute Gasteiger partial charge is 0.410 e. The average molecular weight is 392 g/mol. The molecular weight excluding hydrogens is 363 g/mol. The Morgan fingerprint density at radius 2 is 2.00 bits per heavy atom. The van der Waals surface area contributed by atoms with Crippen LogP contribution in [0.2, 0.25) is 0 Å². The third-order valence-corrected chi connectivity index (χ3v) is 4.26. The lowest BCUT2D eigenvalue weighted by molar-refractivity contribution is 0.00928. The summed E-state index contributed by atoms with van der Waals surface area (Å²) in [5.74, 6) is 0.286. The Morgan fingerprint density at radius 1 is 1.29 bits per heavy atom. The number of aromatic nitrogens is 3. The van der Waals surface area contributed by atoms with Crippen LogP contribution in [0.15, 0.2) is 22.9 Å². The third kappa shape index (κ3) is 5.50. The molecule has 3 heterocycles. The Bertz CT molecular complexity index is 771. The van der Waals surface area contributed by atoms with Gasteiger partial charge in [0, 0.05) is 18.5 Å². The lowest BCUT2D eigenvalue weighted by atomic mass is 9.93. The minimum Gasteiger partial charge on any atom is -0.444 e. The maximum absolute atomic E-state index is 13.0. The lowest BCUT2D eigenvalue weighted by Crippen LogP contribution is -2.47. The highest BCUT2D eigenvalue weighted by atomic mass is 19.1. The zero-order chi connectivity index (χ0) is 20.9. The molecule has 8 heteroatoms. The van der Waals surface area contributed by atoms with Gasteiger partial charge in [0.05, 0.1) is 6.20 Å². The van der Waals surface area contributed by atoms with Crippen molar-refractivity contribution in [1.29, 1.82) is 0 Å². The Hall–Kier alpha value is -2.51. The SMILES string of the molecule is CC.C[C@@H]1CC[C@H](c2noc(-c3ccc(F)cn3)n2)CN1C(=O)OC(C)(C)C. The Morgan fingerprint density at radius 3 is 2.61 bits per heavy atom. The minimum absolute atomic E-state index is 0.0448. The minimum atomic E-state index is -0.544. The second-order valence-corrected chi connectivity index (χ2v) is 7.58. The first kappa shape index (κ1) is 21.8. The second-order valence-electron chi connectivity index (χ2n) is 7.58. The summed E-state index contributed by atoms with van der Waals surface area (Å²) in [5.41, 5.74) is -0.129. The molecule has 0 N–H and O–H groups in total. The van der Waals surface area contributed by atoms with Crippen LogP contribution in [0.25, 0.3) is 11.6 Å². The molecule has 0 aliphatic carbocycles. The van der Waals surface area contributed by atoms with Crippen LogP contribution in [0.4, 0.5) is 9.18 Å². The maximum atomic E-state index is 13.0. The molecule has 1 saturated heterocycles. The molecule has 0 bridgehead atoms. The van der Waals surface area contributed by atoms with Crippen molar-refractivity contribution in [3.05, 3.63) is 30.0 Å². The molecule has 1 aliphatic heterocycles. The molecule has 28 heavy (non-hydrogen) atoms. The Kier molecular flexibility index (Phi) is 7.10. The normalized spacial score (nSPS) is 19.6. The molecule has 2 aromatic rings. The van der Waals surface area contributed by atoms with Crippen LogP contribution < -0.4 is 0 Å². The number of amides is 1. The summed E-state index contributed by atoms with van der Waals surface area (Å²) >= 11 is 0. The summed E-state index contributed by atoms with van der Waals surface area (Å²) in [6.07, 6.45) is 2.43. The van der Waals surface area contributed by atoms with Crippen molar-refractivity contribution in [1.82, 2.24) is 20.0 Å². The van der Waals surface area contributed by atoms with Crippen molar-refractivity contribution in [3.8, 4) is 11.6 Å². The van der Waals surface area contributed by atoms with Crippen molar-refractivity contribution >= 4 is 6.09 Å². The van der Waals surface area contributed by atoms with Gasteiger partial charge < -0.3 is 14.2 Å². The van der Waals surface area contributed by atoms with Crippen LogP contribution in [0.5, 0.6) is 0 Å². The predicted octanol–water partition coefficient (Wildman–Crippen LogP) is 4.80. The van der Waals surface area contributed by atoms with Gasteiger partial charge >= 0.3 is 6.09 Å². The molecule has 2 aromatic heterocycles. The standard InChI is InChI=1S/C18H23FN4O3.C2H6/c1-11-5-6-12(10-23(11)17(24)25-18(2,3)4)15-21-16(26-22-15)14-8-7-13(19)9-20-14;1-2/h7-9,11-12H,5-6,10H2,1-4H3;1-2H3/t11-,12+;/m1./s1. The van der Waals surface area contributed by atoms with Crippen LogP contribution >= 0.6 is 0 Å². The van der Waals surface area contributed by atoms with Crippen LogP contribution in [0, 0.1) is 5.82 Å². The molecule has 1 amide bonds. The molecule has 0 saturated carbocycles. The lowest BCUT2D eigenvalue weighted by Gasteiger charge is -2.37. The van der Waals surface area contributed by atoms with Gasteiger partial charge in [0.15, 0.2) is 5.82 Å². The summed E-state index contributed by atoms with van der Waals surface area (Å²) in [6, 6.07) is 2.87. The second kappa shape index (κ2) is 9.12. The molecule has 0 aromatic carbocycles. The fourth-order valence-corrected chi connectivity index (χ4v) is 2.90. The van der Waals surface area contributed by atoms with E-state index in [-0.39, 0.29) is 23.9 Å². The van der Waals surface area contributed by atoms with E-state index in [0.29, 0.717) is 18.1 Å². The van der Waals surface area contributed by atoms with Crippen LogP contribution in [0.3, 0.4) is 0 Å². The molecule has 3 rings (SSSR count). The molecular formula is C20H29FN4O3. The van der Waals surface area contributed by atoms with Gasteiger partial charge in [0.2, 0.25) is 0 Å². The number of carbonyl (C=O) groups is 1. The molecule has 0 unspecified atom stereocenters. The van der Waals surface area contributed by atoms with Crippen LogP contribution in [-0.2, 0) is 4.74 Å². The number of hydrogen-bond donors (Lipinski definition) is 0. The number of carbonyl (C=O) groups excluding carboxylic acids is 1. The fraction of sp³-hybridized carbons (Fsp3) is 0.600. The van der Waals surface area contributed by atoms with E-state index in [1.54, 1.807) is 4.90 Å². The fourth-order valence-electron chi connectivity index (χ4n) is 2.90. The maximum Gasteiger partial charge on any atom is 0.410 e. The van der Waals surface area contributed by atoms with E-state index in [1.165, 1.54) is 12.1 Å². The molecule has 0 spiro atoms. The van der Waals surface area contributed by atoms with E-state index in [9.17, 15) is 9.18 Å². The molecule has 1 aliphatic rings. The number of ether oxygens (including phenoxy) is 1. The predicted molar refractivity (Wildman–Crippen MR) is 103 cm³/mol. The van der Waals surface area contributed by atoms with Gasteiger partial charge in [-0.3, -0.25) is 0 Å². The first-order valence-electron chi connectivity index (χ1n) is 9.68. The summed E-state index contributed by atoms with van der Waals surface area (Å²) in [4.78, 5) is 22.5. The number of halogens is 1. The summed E-state index contributed by atoms with van der Waals surface area (Å²) in [6.45, 7) is 12.0. The molecule has 1 fully saturated rings. The highest BCUT2D eigenvalue weighted by Crippen LogP contribution is 2.30. The van der Waals surface area contributed by atoms with Crippen molar-refractivity contribution in [2.45, 2.75) is 71.9 Å². The van der Waals surface area contributed by atoms with Gasteiger partial charge in [-0.2, -0.15) is 4.98 Å². The van der Waals surface area contributed by atoms with Gasteiger partial charge in [-0.1, -0.05) is 19.0 Å². The number of pyridine rings is 1. The third-order valence-electron chi connectivity index (χ3n) is 4.26. The zero-order valence-electron chi connectivity index (χ0n) is 17.4. The summed E-state index contributed by atoms with van der Waals surface area (Å²) in [5, 5.41) is 4.03.